The van der Waals surface area contributed by atoms with Crippen molar-refractivity contribution in [1.29, 1.82) is 0 Å². The highest BCUT2D eigenvalue weighted by Crippen LogP contribution is 2.30. The van der Waals surface area contributed by atoms with Crippen molar-refractivity contribution in [3.63, 3.8) is 0 Å². The van der Waals surface area contributed by atoms with Crippen molar-refractivity contribution in [1.82, 2.24) is 14.8 Å². The fourth-order valence-electron chi connectivity index (χ4n) is 4.41. The van der Waals surface area contributed by atoms with Gasteiger partial charge in [0.25, 0.3) is 0 Å². The largest absolute Gasteiger partial charge is 0.494 e. The van der Waals surface area contributed by atoms with Crippen molar-refractivity contribution < 1.29 is 18.7 Å². The van der Waals surface area contributed by atoms with E-state index in [0.29, 0.717) is 37.6 Å². The Morgan fingerprint density at radius 2 is 1.78 bits per heavy atom. The minimum atomic E-state index is -0.283. The average Bonchev–Trinajstić information content (AvgIpc) is 2.90. The maximum atomic E-state index is 13.4. The summed E-state index contributed by atoms with van der Waals surface area (Å²) in [6.07, 6.45) is 1.06. The van der Waals surface area contributed by atoms with Crippen LogP contribution in [0.4, 0.5) is 4.39 Å². The van der Waals surface area contributed by atoms with E-state index in [1.165, 1.54) is 12.1 Å². The number of carbonyl (C=O) groups excluding carboxylic acids is 1. The number of aryl methyl sites for hydroxylation is 1. The second-order valence-electron chi connectivity index (χ2n) is 9.45. The maximum absolute atomic E-state index is 13.4. The third-order valence-corrected chi connectivity index (χ3v) is 6.60. The molecule has 1 aromatic heterocycles. The second kappa shape index (κ2) is 13.3. The zero-order valence-corrected chi connectivity index (χ0v) is 21.8. The van der Waals surface area contributed by atoms with Crippen LogP contribution < -0.4 is 9.47 Å². The highest BCUT2D eigenvalue weighted by molar-refractivity contribution is 5.81. The molecule has 0 aliphatic carbocycles. The van der Waals surface area contributed by atoms with Crippen LogP contribution in [-0.4, -0.2) is 73.6 Å². The molecule has 0 unspecified atom stereocenters. The summed E-state index contributed by atoms with van der Waals surface area (Å²) in [6.45, 7) is 8.10. The molecule has 3 aromatic rings. The molecule has 1 aliphatic rings. The number of ether oxygens (including phenoxy) is 2. The number of halogens is 1. The highest BCUT2D eigenvalue weighted by Gasteiger charge is 2.16. The Kier molecular flexibility index (Phi) is 9.63. The van der Waals surface area contributed by atoms with Gasteiger partial charge in [-0.15, -0.1) is 0 Å². The van der Waals surface area contributed by atoms with Crippen LogP contribution in [0.1, 0.15) is 24.6 Å². The van der Waals surface area contributed by atoms with E-state index in [1.54, 1.807) is 6.07 Å². The molecule has 1 fully saturated rings. The van der Waals surface area contributed by atoms with Crippen LogP contribution in [0.25, 0.3) is 11.1 Å². The Labute approximate surface area is 219 Å². The van der Waals surface area contributed by atoms with Crippen molar-refractivity contribution in [3.05, 3.63) is 77.7 Å². The van der Waals surface area contributed by atoms with E-state index in [1.807, 2.05) is 49.4 Å². The second-order valence-corrected chi connectivity index (χ2v) is 9.45. The molecule has 0 spiro atoms. The molecular formula is C30H36FN3O3. The van der Waals surface area contributed by atoms with Gasteiger partial charge in [0.15, 0.2) is 0 Å². The topological polar surface area (TPSA) is 54.9 Å². The number of rotatable bonds is 12. The molecule has 2 heterocycles. The fourth-order valence-corrected chi connectivity index (χ4v) is 4.41. The third-order valence-electron chi connectivity index (χ3n) is 6.60. The number of carbonyl (C=O) groups is 1. The van der Waals surface area contributed by atoms with E-state index < -0.39 is 0 Å². The van der Waals surface area contributed by atoms with E-state index in [0.717, 1.165) is 55.2 Å². The van der Waals surface area contributed by atoms with Crippen LogP contribution >= 0.6 is 0 Å². The van der Waals surface area contributed by atoms with Crippen molar-refractivity contribution in [2.24, 2.45) is 0 Å². The Morgan fingerprint density at radius 1 is 1.00 bits per heavy atom. The van der Waals surface area contributed by atoms with E-state index in [4.69, 9.17) is 14.5 Å². The van der Waals surface area contributed by atoms with Gasteiger partial charge in [0, 0.05) is 51.1 Å². The smallest absolute Gasteiger partial charge is 0.221 e. The first-order valence-electron chi connectivity index (χ1n) is 13.0. The molecule has 2 aromatic carbocycles. The Bertz CT molecular complexity index is 1160. The number of nitrogens with zero attached hydrogens (tertiary/aromatic N) is 3. The maximum Gasteiger partial charge on any atom is 0.221 e. The molecule has 6 nitrogen and oxygen atoms in total. The Morgan fingerprint density at radius 3 is 2.51 bits per heavy atom. The number of benzene rings is 2. The van der Waals surface area contributed by atoms with E-state index in [2.05, 4.69) is 16.8 Å². The van der Waals surface area contributed by atoms with Crippen LogP contribution in [0.2, 0.25) is 0 Å². The predicted molar refractivity (Wildman–Crippen MR) is 144 cm³/mol. The van der Waals surface area contributed by atoms with Crippen molar-refractivity contribution in [2.45, 2.75) is 26.2 Å². The van der Waals surface area contributed by atoms with Gasteiger partial charge in [-0.2, -0.15) is 0 Å². The minimum absolute atomic E-state index is 0.0639. The summed E-state index contributed by atoms with van der Waals surface area (Å²) in [5, 5.41) is 0. The summed E-state index contributed by atoms with van der Waals surface area (Å²) >= 11 is 0. The molecule has 1 saturated heterocycles. The van der Waals surface area contributed by atoms with Crippen molar-refractivity contribution in [2.75, 3.05) is 53.0 Å². The SMILES string of the molecule is CCOc1ccc(-c2ccc(CC(=O)CCc3cccc(F)c3)nc2OCCN2CCN(C)CC2)cc1. The van der Waals surface area contributed by atoms with Crippen LogP contribution in [0.15, 0.2) is 60.7 Å². The molecular weight excluding hydrogens is 469 g/mol. The lowest BCUT2D eigenvalue weighted by Gasteiger charge is -2.32. The van der Waals surface area contributed by atoms with Crippen LogP contribution in [0, 0.1) is 5.82 Å². The van der Waals surface area contributed by atoms with Crippen LogP contribution in [-0.2, 0) is 17.6 Å². The first-order chi connectivity index (χ1) is 18.0. The summed E-state index contributed by atoms with van der Waals surface area (Å²) in [5.74, 6) is 1.13. The number of likely N-dealkylation sites (N-methyl/N-ethyl adjacent to an activating group) is 1. The molecule has 7 heteroatoms. The first-order valence-corrected chi connectivity index (χ1v) is 13.0. The fraction of sp³-hybridized carbons (Fsp3) is 0.400. The summed E-state index contributed by atoms with van der Waals surface area (Å²) < 4.78 is 25.2. The zero-order valence-electron chi connectivity index (χ0n) is 21.8. The standard InChI is InChI=1S/C30H36FN3O3/c1-3-36-28-12-8-24(9-13-28)29-14-10-26(22-27(35)11-7-23-5-4-6-25(31)21-23)32-30(29)37-20-19-34-17-15-33(2)16-18-34/h4-6,8-10,12-14,21H,3,7,11,15-20,22H2,1-2H3. The van der Waals surface area contributed by atoms with Crippen molar-refractivity contribution >= 4 is 5.78 Å². The molecule has 0 radical (unpaired) electrons. The summed E-state index contributed by atoms with van der Waals surface area (Å²) in [4.78, 5) is 22.2. The number of ketones is 1. The predicted octanol–water partition coefficient (Wildman–Crippen LogP) is 4.66. The normalized spacial score (nSPS) is 14.5. The average molecular weight is 506 g/mol. The van der Waals surface area contributed by atoms with E-state index >= 15 is 0 Å². The molecule has 1 aliphatic heterocycles. The van der Waals surface area contributed by atoms with Crippen molar-refractivity contribution in [3.8, 4) is 22.8 Å². The lowest BCUT2D eigenvalue weighted by Crippen LogP contribution is -2.45. The molecule has 0 bridgehead atoms. The van der Waals surface area contributed by atoms with Gasteiger partial charge in [-0.3, -0.25) is 9.69 Å². The lowest BCUT2D eigenvalue weighted by molar-refractivity contribution is -0.118. The summed E-state index contributed by atoms with van der Waals surface area (Å²) in [7, 11) is 2.14. The highest BCUT2D eigenvalue weighted by atomic mass is 19.1. The van der Waals surface area contributed by atoms with Gasteiger partial charge in [0.2, 0.25) is 5.88 Å². The molecule has 0 atom stereocenters. The molecule has 0 amide bonds. The lowest BCUT2D eigenvalue weighted by atomic mass is 10.0. The quantitative estimate of drug-likeness (QED) is 0.357. The third kappa shape index (κ3) is 8.10. The minimum Gasteiger partial charge on any atom is -0.494 e. The van der Waals surface area contributed by atoms with Gasteiger partial charge in [0.1, 0.15) is 24.0 Å². The number of aromatic nitrogens is 1. The van der Waals surface area contributed by atoms with E-state index in [9.17, 15) is 9.18 Å². The summed E-state index contributed by atoms with van der Waals surface area (Å²) in [6, 6.07) is 18.1. The van der Waals surface area contributed by atoms with Crippen LogP contribution in [0.5, 0.6) is 11.6 Å². The molecule has 0 saturated carbocycles. The summed E-state index contributed by atoms with van der Waals surface area (Å²) in [5.41, 5.74) is 3.36. The molecule has 4 rings (SSSR count). The first kappa shape index (κ1) is 26.8. The zero-order chi connectivity index (χ0) is 26.0. The van der Waals surface area contributed by atoms with Gasteiger partial charge in [-0.25, -0.2) is 9.37 Å². The van der Waals surface area contributed by atoms with E-state index in [-0.39, 0.29) is 18.0 Å². The number of pyridine rings is 1. The number of hydrogen-bond acceptors (Lipinski definition) is 6. The number of piperazine rings is 1. The van der Waals surface area contributed by atoms with Gasteiger partial charge >= 0.3 is 0 Å². The Balaban J connectivity index is 1.44. The Hall–Kier alpha value is -3.29. The number of Topliss-reactive ketones (excluding diaryl/α,β-unsaturated/α-hetero) is 1. The molecule has 196 valence electrons. The van der Waals surface area contributed by atoms with Gasteiger partial charge in [-0.05, 0) is 67.9 Å². The van der Waals surface area contributed by atoms with Crippen LogP contribution in [0.3, 0.4) is 0 Å². The molecule has 37 heavy (non-hydrogen) atoms. The van der Waals surface area contributed by atoms with Gasteiger partial charge in [-0.1, -0.05) is 24.3 Å². The van der Waals surface area contributed by atoms with Gasteiger partial charge < -0.3 is 14.4 Å². The monoisotopic (exact) mass is 505 g/mol. The number of hydrogen-bond donors (Lipinski definition) is 0. The van der Waals surface area contributed by atoms with Gasteiger partial charge in [0.05, 0.1) is 12.3 Å². The molecule has 0 N–H and O–H groups in total.